The Hall–Kier alpha value is -6.19. The molecule has 0 aliphatic carbocycles. The van der Waals surface area contributed by atoms with Crippen molar-refractivity contribution in [3.8, 4) is 5.69 Å². The van der Waals surface area contributed by atoms with E-state index in [4.69, 9.17) is 9.41 Å². The molecule has 0 saturated heterocycles. The zero-order chi connectivity index (χ0) is 32.0. The number of hydrogen-bond acceptors (Lipinski definition) is 2. The minimum atomic E-state index is 0.584. The lowest BCUT2D eigenvalue weighted by Gasteiger charge is -2.11. The van der Waals surface area contributed by atoms with Gasteiger partial charge in [-0.15, -0.1) is 0 Å². The quantitative estimate of drug-likeness (QED) is 0.171. The molecule has 0 aliphatic heterocycles. The summed E-state index contributed by atoms with van der Waals surface area (Å²) < 4.78 is 8.97. The normalized spacial score (nSPS) is 12.6. The van der Waals surface area contributed by atoms with Gasteiger partial charge in [-0.25, -0.2) is 0 Å². The van der Waals surface area contributed by atoms with Crippen LogP contribution in [-0.2, 0) is 6.54 Å². The fourth-order valence-corrected chi connectivity index (χ4v) is 7.13. The van der Waals surface area contributed by atoms with E-state index in [1.807, 2.05) is 12.1 Å². The zero-order valence-corrected chi connectivity index (χ0v) is 26.6. The molecule has 9 aromatic rings. The fraction of sp³-hybridized carbons (Fsp3) is 0.0444. The maximum Gasteiger partial charge on any atom is 0.144 e. The maximum absolute atomic E-state index is 6.55. The first-order chi connectivity index (χ1) is 23.7. The smallest absolute Gasteiger partial charge is 0.144 e. The highest BCUT2D eigenvalue weighted by molar-refractivity contribution is 6.35. The third-order valence-corrected chi connectivity index (χ3v) is 9.43. The van der Waals surface area contributed by atoms with Crippen molar-refractivity contribution in [2.24, 2.45) is 4.99 Å². The van der Waals surface area contributed by atoms with E-state index in [1.165, 1.54) is 43.7 Å². The summed E-state index contributed by atoms with van der Waals surface area (Å²) in [7, 11) is 0. The van der Waals surface area contributed by atoms with Crippen LogP contribution in [0.25, 0.3) is 65.8 Å². The summed E-state index contributed by atoms with van der Waals surface area (Å²) >= 11 is 0. The van der Waals surface area contributed by atoms with Crippen LogP contribution in [0.4, 0.5) is 0 Å². The molecule has 0 saturated carbocycles. The molecule has 2 aromatic heterocycles. The van der Waals surface area contributed by atoms with Crippen LogP contribution >= 0.6 is 0 Å². The molecule has 2 heterocycles. The first-order valence-corrected chi connectivity index (χ1v) is 16.4. The topological polar surface area (TPSA) is 30.4 Å². The van der Waals surface area contributed by atoms with Gasteiger partial charge in [0.15, 0.2) is 0 Å². The first kappa shape index (κ1) is 28.1. The van der Waals surface area contributed by atoms with E-state index in [1.54, 1.807) is 0 Å². The van der Waals surface area contributed by atoms with Gasteiger partial charge in [0.05, 0.1) is 23.3 Å². The Morgan fingerprint density at radius 2 is 1.19 bits per heavy atom. The highest BCUT2D eigenvalue weighted by Gasteiger charge is 2.22. The van der Waals surface area contributed by atoms with Gasteiger partial charge in [0.25, 0.3) is 0 Å². The molecule has 3 heteroatoms. The van der Waals surface area contributed by atoms with E-state index in [2.05, 4.69) is 163 Å². The molecule has 0 radical (unpaired) electrons. The summed E-state index contributed by atoms with van der Waals surface area (Å²) in [5.74, 6) is 0. The second-order valence-electron chi connectivity index (χ2n) is 12.4. The highest BCUT2D eigenvalue weighted by atomic mass is 16.3. The molecule has 9 rings (SSSR count). The number of hydrogen-bond donors (Lipinski definition) is 0. The molecule has 0 amide bonds. The van der Waals surface area contributed by atoms with Crippen molar-refractivity contribution in [2.45, 2.75) is 13.5 Å². The van der Waals surface area contributed by atoms with E-state index >= 15 is 0 Å². The van der Waals surface area contributed by atoms with Gasteiger partial charge in [-0.2, -0.15) is 0 Å². The van der Waals surface area contributed by atoms with Gasteiger partial charge in [-0.1, -0.05) is 133 Å². The van der Waals surface area contributed by atoms with Gasteiger partial charge in [0.2, 0.25) is 0 Å². The predicted octanol–water partition coefficient (Wildman–Crippen LogP) is 11.9. The van der Waals surface area contributed by atoms with Gasteiger partial charge in [-0.05, 0) is 59.5 Å². The Bertz CT molecular complexity index is 2670. The average Bonchev–Trinajstić information content (AvgIpc) is 3.71. The predicted molar refractivity (Wildman–Crippen MR) is 202 cm³/mol. The minimum Gasteiger partial charge on any atom is -0.455 e. The molecular weight excluding hydrogens is 585 g/mol. The van der Waals surface area contributed by atoms with Crippen LogP contribution in [0.1, 0.15) is 23.6 Å². The van der Waals surface area contributed by atoms with Crippen molar-refractivity contribution < 1.29 is 4.42 Å². The minimum absolute atomic E-state index is 0.584. The number of furan rings is 1. The summed E-state index contributed by atoms with van der Waals surface area (Å²) in [6, 6.07) is 55.6. The summed E-state index contributed by atoms with van der Waals surface area (Å²) in [6.45, 7) is 2.74. The molecule has 3 nitrogen and oxygen atoms in total. The van der Waals surface area contributed by atoms with E-state index in [9.17, 15) is 0 Å². The molecule has 0 aliphatic rings. The van der Waals surface area contributed by atoms with Crippen molar-refractivity contribution in [1.82, 2.24) is 4.57 Å². The van der Waals surface area contributed by atoms with Crippen LogP contribution in [0.3, 0.4) is 0 Å². The molecule has 0 spiro atoms. The molecule has 48 heavy (non-hydrogen) atoms. The number of benzene rings is 7. The van der Waals surface area contributed by atoms with E-state index in [0.29, 0.717) is 6.54 Å². The zero-order valence-electron chi connectivity index (χ0n) is 26.6. The molecule has 0 bridgehead atoms. The molecule has 0 unspecified atom stereocenters. The molecular formula is C45H32N2O. The molecule has 0 N–H and O–H groups in total. The summed E-state index contributed by atoms with van der Waals surface area (Å²) in [5.41, 5.74) is 11.0. The average molecular weight is 617 g/mol. The van der Waals surface area contributed by atoms with E-state index < -0.39 is 0 Å². The number of fused-ring (bicyclic) bond motifs is 10. The second kappa shape index (κ2) is 11.6. The van der Waals surface area contributed by atoms with E-state index in [0.717, 1.165) is 44.5 Å². The third kappa shape index (κ3) is 4.63. The van der Waals surface area contributed by atoms with Gasteiger partial charge in [0.1, 0.15) is 11.2 Å². The largest absolute Gasteiger partial charge is 0.455 e. The number of aromatic nitrogens is 1. The number of nitrogens with zero attached hydrogens (tertiary/aromatic N) is 2. The maximum atomic E-state index is 6.55. The van der Waals surface area contributed by atoms with Crippen LogP contribution < -0.4 is 0 Å². The number of rotatable bonds is 6. The van der Waals surface area contributed by atoms with Crippen molar-refractivity contribution >= 4 is 65.8 Å². The third-order valence-electron chi connectivity index (χ3n) is 9.43. The van der Waals surface area contributed by atoms with Crippen LogP contribution in [-0.4, -0.2) is 10.3 Å². The Kier molecular flexibility index (Phi) is 6.76. The van der Waals surface area contributed by atoms with Crippen molar-refractivity contribution in [3.05, 3.63) is 180 Å². The lowest BCUT2D eigenvalue weighted by Crippen LogP contribution is -2.00. The molecule has 0 fully saturated rings. The SMILES string of the molecule is C/C(=C\C(=NCc1ccc(-n2c3ccccc3c3c4c5ccccc5oc4c4ccccc4c32)cc1)c1ccccc1)c1ccccc1. The Balaban J connectivity index is 1.19. The van der Waals surface area contributed by atoms with Crippen LogP contribution in [0.15, 0.2) is 173 Å². The van der Waals surface area contributed by atoms with Crippen molar-refractivity contribution in [2.75, 3.05) is 0 Å². The lowest BCUT2D eigenvalue weighted by atomic mass is 9.99. The van der Waals surface area contributed by atoms with E-state index in [-0.39, 0.29) is 0 Å². The highest BCUT2D eigenvalue weighted by Crippen LogP contribution is 2.45. The fourth-order valence-electron chi connectivity index (χ4n) is 7.13. The number of allylic oxidation sites excluding steroid dienone is 2. The van der Waals surface area contributed by atoms with Gasteiger partial charge < -0.3 is 8.98 Å². The Morgan fingerprint density at radius 3 is 1.94 bits per heavy atom. The molecule has 7 aromatic carbocycles. The number of para-hydroxylation sites is 2. The first-order valence-electron chi connectivity index (χ1n) is 16.4. The standard InChI is InChI=1S/C45H32N2O/c1-30(32-14-4-2-5-15-32)28-39(33-16-6-3-7-17-33)46-29-31-24-26-34(27-25-31)47-40-22-12-10-20-37(40)42-43-38-21-11-13-23-41(38)48-45(43)36-19-9-8-18-35(36)44(42)47/h2-28H,29H2,1H3/b30-28+,46-39?. The van der Waals surface area contributed by atoms with Gasteiger partial charge in [-0.3, -0.25) is 4.99 Å². The van der Waals surface area contributed by atoms with Crippen LogP contribution in [0.2, 0.25) is 0 Å². The van der Waals surface area contributed by atoms with Gasteiger partial charge >= 0.3 is 0 Å². The molecule has 228 valence electrons. The summed E-state index contributed by atoms with van der Waals surface area (Å²) in [4.78, 5) is 5.14. The monoisotopic (exact) mass is 616 g/mol. The summed E-state index contributed by atoms with van der Waals surface area (Å²) in [6.07, 6.45) is 2.20. The molecule has 0 atom stereocenters. The number of aliphatic imine (C=N–C) groups is 1. The van der Waals surface area contributed by atoms with Gasteiger partial charge in [0, 0.05) is 38.0 Å². The Morgan fingerprint density at radius 1 is 0.583 bits per heavy atom. The Labute approximate surface area is 278 Å². The summed E-state index contributed by atoms with van der Waals surface area (Å²) in [5, 5.41) is 7.07. The van der Waals surface area contributed by atoms with Crippen molar-refractivity contribution in [3.63, 3.8) is 0 Å². The second-order valence-corrected chi connectivity index (χ2v) is 12.4. The van der Waals surface area contributed by atoms with Crippen LogP contribution in [0.5, 0.6) is 0 Å². The van der Waals surface area contributed by atoms with Crippen LogP contribution in [0, 0.1) is 0 Å². The van der Waals surface area contributed by atoms with Crippen molar-refractivity contribution in [1.29, 1.82) is 0 Å². The lowest BCUT2D eigenvalue weighted by molar-refractivity contribution is 0.673.